The van der Waals surface area contributed by atoms with Crippen molar-refractivity contribution >= 4 is 11.9 Å². The van der Waals surface area contributed by atoms with Crippen molar-refractivity contribution in [1.29, 1.82) is 0 Å². The highest BCUT2D eigenvalue weighted by molar-refractivity contribution is 5.83. The number of aliphatic hydroxyl groups is 1. The first kappa shape index (κ1) is 17.9. The monoisotopic (exact) mass is 301 g/mol. The lowest BCUT2D eigenvalue weighted by atomic mass is 9.94. The van der Waals surface area contributed by atoms with Crippen LogP contribution >= 0.6 is 0 Å². The van der Waals surface area contributed by atoms with Gasteiger partial charge in [-0.05, 0) is 40.0 Å². The highest BCUT2D eigenvalue weighted by Crippen LogP contribution is 2.26. The van der Waals surface area contributed by atoms with Gasteiger partial charge in [0.2, 0.25) is 0 Å². The fraction of sp³-hybridized carbons (Fsp3) is 0.867. The number of hydrogen-bond acceptors (Lipinski definition) is 5. The zero-order chi connectivity index (χ0) is 16.0. The second-order valence-corrected chi connectivity index (χ2v) is 6.57. The molecule has 1 rings (SSSR count). The predicted molar refractivity (Wildman–Crippen MR) is 78.0 cm³/mol. The number of ketones is 1. The largest absolute Gasteiger partial charge is 0.444 e. The number of rotatable bonds is 6. The normalized spacial score (nSPS) is 22.0. The Morgan fingerprint density at radius 1 is 1.48 bits per heavy atom. The van der Waals surface area contributed by atoms with Crippen LogP contribution < -0.4 is 5.32 Å². The molecule has 3 atom stereocenters. The first-order valence-electron chi connectivity index (χ1n) is 7.42. The van der Waals surface area contributed by atoms with Gasteiger partial charge in [0.1, 0.15) is 11.4 Å². The van der Waals surface area contributed by atoms with E-state index in [1.54, 1.807) is 20.8 Å². The summed E-state index contributed by atoms with van der Waals surface area (Å²) in [5.41, 5.74) is -0.607. The molecule has 0 bridgehead atoms. The molecule has 0 radical (unpaired) electrons. The second-order valence-electron chi connectivity index (χ2n) is 6.57. The number of carbonyl (C=O) groups is 2. The average Bonchev–Trinajstić information content (AvgIpc) is 2.72. The van der Waals surface area contributed by atoms with Gasteiger partial charge >= 0.3 is 6.09 Å². The van der Waals surface area contributed by atoms with Crippen LogP contribution in [-0.2, 0) is 14.3 Å². The Balaban J connectivity index is 2.63. The molecule has 21 heavy (non-hydrogen) atoms. The maximum Gasteiger partial charge on any atom is 0.407 e. The summed E-state index contributed by atoms with van der Waals surface area (Å²) in [6.45, 7) is 5.41. The summed E-state index contributed by atoms with van der Waals surface area (Å²) in [6.07, 6.45) is 1.24. The minimum absolute atomic E-state index is 0.0986. The van der Waals surface area contributed by atoms with E-state index in [0.29, 0.717) is 12.8 Å². The average molecular weight is 301 g/mol. The standard InChI is InChI=1S/C15H27NO5/c1-15(2,3)21-14(19)16-11(13(18)9-20-4)8-10-6-5-7-12(10)17/h10-11,13,18H,5-9H2,1-4H3,(H,16,19)/t10-,11-,13?/m0/s1. The van der Waals surface area contributed by atoms with E-state index in [4.69, 9.17) is 9.47 Å². The van der Waals surface area contributed by atoms with Gasteiger partial charge in [0, 0.05) is 19.4 Å². The number of nitrogens with one attached hydrogen (secondary N) is 1. The molecule has 0 spiro atoms. The van der Waals surface area contributed by atoms with E-state index >= 15 is 0 Å². The van der Waals surface area contributed by atoms with Crippen molar-refractivity contribution in [1.82, 2.24) is 5.32 Å². The Kier molecular flexibility index (Phi) is 6.61. The molecule has 0 saturated heterocycles. The topological polar surface area (TPSA) is 84.9 Å². The van der Waals surface area contributed by atoms with Crippen molar-refractivity contribution in [3.8, 4) is 0 Å². The molecule has 1 unspecified atom stereocenters. The predicted octanol–water partition coefficient (Wildman–Crippen LogP) is 1.65. The fourth-order valence-electron chi connectivity index (χ4n) is 2.50. The molecule has 0 aromatic carbocycles. The summed E-state index contributed by atoms with van der Waals surface area (Å²) >= 11 is 0. The Bertz CT molecular complexity index is 364. The summed E-state index contributed by atoms with van der Waals surface area (Å²) in [6, 6.07) is -0.549. The third-order valence-electron chi connectivity index (χ3n) is 3.47. The zero-order valence-electron chi connectivity index (χ0n) is 13.3. The molecule has 1 saturated carbocycles. The van der Waals surface area contributed by atoms with E-state index in [0.717, 1.165) is 12.8 Å². The van der Waals surface area contributed by atoms with Gasteiger partial charge in [0.05, 0.1) is 18.8 Å². The molecule has 1 fully saturated rings. The van der Waals surface area contributed by atoms with Crippen LogP contribution in [0.25, 0.3) is 0 Å². The SMILES string of the molecule is COCC(O)[C@H](C[C@@H]1CCCC1=O)NC(=O)OC(C)(C)C. The first-order valence-corrected chi connectivity index (χ1v) is 7.42. The van der Waals surface area contributed by atoms with Gasteiger partial charge in [-0.2, -0.15) is 0 Å². The Hall–Kier alpha value is -1.14. The quantitative estimate of drug-likeness (QED) is 0.779. The molecule has 0 aromatic rings. The zero-order valence-corrected chi connectivity index (χ0v) is 13.3. The van der Waals surface area contributed by atoms with Crippen molar-refractivity contribution in [2.75, 3.05) is 13.7 Å². The van der Waals surface area contributed by atoms with Gasteiger partial charge in [-0.3, -0.25) is 4.79 Å². The Labute approximate surface area is 126 Å². The van der Waals surface area contributed by atoms with Gasteiger partial charge in [-0.1, -0.05) is 0 Å². The van der Waals surface area contributed by atoms with Gasteiger partial charge in [0.25, 0.3) is 0 Å². The number of hydrogen-bond donors (Lipinski definition) is 2. The van der Waals surface area contributed by atoms with Crippen LogP contribution in [0.5, 0.6) is 0 Å². The van der Waals surface area contributed by atoms with E-state index < -0.39 is 23.8 Å². The summed E-state index contributed by atoms with van der Waals surface area (Å²) in [5, 5.41) is 12.8. The minimum Gasteiger partial charge on any atom is -0.444 e. The number of alkyl carbamates (subject to hydrolysis) is 1. The number of ether oxygens (including phenoxy) is 2. The van der Waals surface area contributed by atoms with Crippen molar-refractivity contribution in [3.05, 3.63) is 0 Å². The molecule has 1 amide bonds. The Morgan fingerprint density at radius 2 is 2.14 bits per heavy atom. The maximum absolute atomic E-state index is 11.9. The van der Waals surface area contributed by atoms with Crippen LogP contribution in [0.4, 0.5) is 4.79 Å². The fourth-order valence-corrected chi connectivity index (χ4v) is 2.50. The van der Waals surface area contributed by atoms with Gasteiger partial charge < -0.3 is 19.9 Å². The number of Topliss-reactive ketones (excluding diaryl/α,β-unsaturated/α-hetero) is 1. The van der Waals surface area contributed by atoms with Crippen molar-refractivity contribution in [3.63, 3.8) is 0 Å². The van der Waals surface area contributed by atoms with Gasteiger partial charge in [-0.15, -0.1) is 0 Å². The van der Waals surface area contributed by atoms with Gasteiger partial charge in [0.15, 0.2) is 0 Å². The van der Waals surface area contributed by atoms with E-state index in [-0.39, 0.29) is 18.3 Å². The number of methoxy groups -OCH3 is 1. The lowest BCUT2D eigenvalue weighted by Crippen LogP contribution is -2.48. The van der Waals surface area contributed by atoms with Crippen LogP contribution in [0.15, 0.2) is 0 Å². The third kappa shape index (κ3) is 6.44. The molecule has 2 N–H and O–H groups in total. The summed E-state index contributed by atoms with van der Waals surface area (Å²) < 4.78 is 10.1. The highest BCUT2D eigenvalue weighted by atomic mass is 16.6. The summed E-state index contributed by atoms with van der Waals surface area (Å²) in [7, 11) is 1.48. The first-order chi connectivity index (χ1) is 9.73. The van der Waals surface area contributed by atoms with Crippen LogP contribution in [0.2, 0.25) is 0 Å². The van der Waals surface area contributed by atoms with E-state index in [2.05, 4.69) is 5.32 Å². The number of carbonyl (C=O) groups excluding carboxylic acids is 2. The molecule has 0 aliphatic heterocycles. The molecular formula is C15H27NO5. The van der Waals surface area contributed by atoms with Crippen molar-refractivity contribution < 1.29 is 24.2 Å². The molecule has 6 nitrogen and oxygen atoms in total. The molecule has 6 heteroatoms. The highest BCUT2D eigenvalue weighted by Gasteiger charge is 2.32. The smallest absolute Gasteiger partial charge is 0.407 e. The molecule has 0 heterocycles. The van der Waals surface area contributed by atoms with E-state index in [1.807, 2.05) is 0 Å². The van der Waals surface area contributed by atoms with E-state index in [9.17, 15) is 14.7 Å². The van der Waals surface area contributed by atoms with Crippen molar-refractivity contribution in [2.45, 2.75) is 64.2 Å². The van der Waals surface area contributed by atoms with Crippen LogP contribution in [-0.4, -0.2) is 48.4 Å². The molecule has 1 aliphatic rings. The summed E-state index contributed by atoms with van der Waals surface area (Å²) in [5.74, 6) is 0.104. The van der Waals surface area contributed by atoms with Crippen molar-refractivity contribution in [2.24, 2.45) is 5.92 Å². The molecule has 122 valence electrons. The van der Waals surface area contributed by atoms with Crippen LogP contribution in [0, 0.1) is 5.92 Å². The molecule has 1 aliphatic carbocycles. The Morgan fingerprint density at radius 3 is 2.62 bits per heavy atom. The summed E-state index contributed by atoms with van der Waals surface area (Å²) in [4.78, 5) is 23.6. The van der Waals surface area contributed by atoms with Crippen LogP contribution in [0.1, 0.15) is 46.5 Å². The minimum atomic E-state index is -0.865. The number of aliphatic hydroxyl groups excluding tert-OH is 1. The van der Waals surface area contributed by atoms with Gasteiger partial charge in [-0.25, -0.2) is 4.79 Å². The van der Waals surface area contributed by atoms with E-state index in [1.165, 1.54) is 7.11 Å². The second kappa shape index (κ2) is 7.75. The third-order valence-corrected chi connectivity index (χ3v) is 3.47. The lowest BCUT2D eigenvalue weighted by Gasteiger charge is -2.27. The molecule has 0 aromatic heterocycles. The lowest BCUT2D eigenvalue weighted by molar-refractivity contribution is -0.121. The maximum atomic E-state index is 11.9. The van der Waals surface area contributed by atoms with Crippen LogP contribution in [0.3, 0.4) is 0 Å². The molecular weight excluding hydrogens is 274 g/mol. The number of amides is 1.